The van der Waals surface area contributed by atoms with Crippen molar-refractivity contribution >= 4 is 23.6 Å². The molecule has 0 radical (unpaired) electrons. The predicted octanol–water partition coefficient (Wildman–Crippen LogP) is 5.21. The molecule has 0 unspecified atom stereocenters. The number of nitrogens with zero attached hydrogens (tertiary/aromatic N) is 3. The minimum Gasteiger partial charge on any atom is -0.492 e. The summed E-state index contributed by atoms with van der Waals surface area (Å²) in [4.78, 5) is 19.5. The number of ether oxygens (including phenoxy) is 2. The van der Waals surface area contributed by atoms with Crippen LogP contribution in [0.2, 0.25) is 5.15 Å². The van der Waals surface area contributed by atoms with Crippen LogP contribution in [0.15, 0.2) is 48.0 Å². The van der Waals surface area contributed by atoms with Gasteiger partial charge in [-0.15, -0.1) is 0 Å². The van der Waals surface area contributed by atoms with Gasteiger partial charge in [0.05, 0.1) is 24.4 Å². The van der Waals surface area contributed by atoms with Crippen molar-refractivity contribution in [3.63, 3.8) is 0 Å². The van der Waals surface area contributed by atoms with Gasteiger partial charge in [-0.2, -0.15) is 5.26 Å². The van der Waals surface area contributed by atoms with E-state index in [0.717, 1.165) is 44.2 Å². The van der Waals surface area contributed by atoms with Crippen molar-refractivity contribution in [2.24, 2.45) is 0 Å². The van der Waals surface area contributed by atoms with Crippen molar-refractivity contribution < 1.29 is 14.3 Å². The van der Waals surface area contributed by atoms with E-state index in [2.05, 4.69) is 15.2 Å². The zero-order valence-electron chi connectivity index (χ0n) is 21.7. The van der Waals surface area contributed by atoms with Gasteiger partial charge in [0.25, 0.3) is 5.91 Å². The number of amides is 1. The lowest BCUT2D eigenvalue weighted by molar-refractivity contribution is -0.119. The van der Waals surface area contributed by atoms with E-state index in [9.17, 15) is 10.1 Å². The van der Waals surface area contributed by atoms with Crippen LogP contribution in [-0.4, -0.2) is 55.2 Å². The number of nitriles is 1. The monoisotopic (exact) mass is 512 g/mol. The first kappa shape index (κ1) is 29.3. The van der Waals surface area contributed by atoms with E-state index in [-0.39, 0.29) is 5.57 Å². The van der Waals surface area contributed by atoms with Crippen LogP contribution < -0.4 is 10.1 Å². The molecular weight excluding hydrogens is 476 g/mol. The van der Waals surface area contributed by atoms with Crippen LogP contribution in [-0.2, 0) is 15.1 Å². The van der Waals surface area contributed by atoms with E-state index >= 15 is 0 Å². The van der Waals surface area contributed by atoms with Crippen LogP contribution in [0, 0.1) is 11.3 Å². The molecule has 1 aliphatic rings. The Morgan fingerprint density at radius 2 is 1.86 bits per heavy atom. The Hall–Kier alpha value is -2.92. The summed E-state index contributed by atoms with van der Waals surface area (Å²) in [6.07, 6.45) is 2.78. The molecule has 0 aliphatic carbocycles. The van der Waals surface area contributed by atoms with Gasteiger partial charge in [0.2, 0.25) is 0 Å². The lowest BCUT2D eigenvalue weighted by atomic mass is 9.84. The molecule has 1 aromatic carbocycles. The second-order valence-corrected chi connectivity index (χ2v) is 8.51. The molecule has 1 fully saturated rings. The number of hydrogen-bond donors (Lipinski definition) is 1. The first-order valence-electron chi connectivity index (χ1n) is 12.6. The SMILES string of the molecule is CC.CCC(CC)(NC(=O)/C(C#N)=C/c1cccc(Cl)n1)c1ccc(OCCN2CCOCC2)cc1. The van der Waals surface area contributed by atoms with Crippen molar-refractivity contribution in [1.29, 1.82) is 5.26 Å². The summed E-state index contributed by atoms with van der Waals surface area (Å²) in [6, 6.07) is 14.9. The molecule has 8 heteroatoms. The Labute approximate surface area is 220 Å². The minimum absolute atomic E-state index is 0.0240. The fourth-order valence-electron chi connectivity index (χ4n) is 3.98. The Kier molecular flexibility index (Phi) is 12.4. The second-order valence-electron chi connectivity index (χ2n) is 8.13. The molecule has 7 nitrogen and oxygen atoms in total. The first-order chi connectivity index (χ1) is 17.5. The molecule has 2 aromatic rings. The lowest BCUT2D eigenvalue weighted by Gasteiger charge is -2.33. The Morgan fingerprint density at radius 1 is 1.19 bits per heavy atom. The van der Waals surface area contributed by atoms with Gasteiger partial charge in [0.1, 0.15) is 29.2 Å². The smallest absolute Gasteiger partial charge is 0.262 e. The third kappa shape index (κ3) is 8.34. The topological polar surface area (TPSA) is 87.5 Å². The highest BCUT2D eigenvalue weighted by Gasteiger charge is 2.31. The van der Waals surface area contributed by atoms with Gasteiger partial charge in [-0.25, -0.2) is 4.98 Å². The number of hydrogen-bond acceptors (Lipinski definition) is 6. The van der Waals surface area contributed by atoms with Crippen LogP contribution in [0.1, 0.15) is 51.8 Å². The van der Waals surface area contributed by atoms with E-state index < -0.39 is 11.4 Å². The molecule has 36 heavy (non-hydrogen) atoms. The number of morpholine rings is 1. The molecule has 0 spiro atoms. The zero-order chi connectivity index (χ0) is 26.4. The van der Waals surface area contributed by atoms with Gasteiger partial charge in [-0.3, -0.25) is 9.69 Å². The van der Waals surface area contributed by atoms with Gasteiger partial charge in [-0.1, -0.05) is 57.5 Å². The molecule has 2 heterocycles. The molecule has 1 aromatic heterocycles. The van der Waals surface area contributed by atoms with E-state index in [4.69, 9.17) is 21.1 Å². The summed E-state index contributed by atoms with van der Waals surface area (Å²) in [7, 11) is 0. The molecule has 1 N–H and O–H groups in total. The fraction of sp³-hybridized carbons (Fsp3) is 0.464. The van der Waals surface area contributed by atoms with Crippen LogP contribution in [0.4, 0.5) is 0 Å². The average Bonchev–Trinajstić information content (AvgIpc) is 2.92. The number of pyridine rings is 1. The van der Waals surface area contributed by atoms with Crippen molar-refractivity contribution in [2.75, 3.05) is 39.5 Å². The van der Waals surface area contributed by atoms with Crippen LogP contribution in [0.25, 0.3) is 6.08 Å². The maximum atomic E-state index is 13.0. The van der Waals surface area contributed by atoms with E-state index in [0.29, 0.717) is 30.3 Å². The fourth-order valence-corrected chi connectivity index (χ4v) is 4.15. The third-order valence-corrected chi connectivity index (χ3v) is 6.35. The van der Waals surface area contributed by atoms with Crippen LogP contribution >= 0.6 is 11.6 Å². The average molecular weight is 513 g/mol. The Bertz CT molecular complexity index is 1020. The Morgan fingerprint density at radius 3 is 2.44 bits per heavy atom. The summed E-state index contributed by atoms with van der Waals surface area (Å²) in [5.74, 6) is 0.341. The maximum Gasteiger partial charge on any atom is 0.262 e. The molecule has 0 atom stereocenters. The summed E-state index contributed by atoms with van der Waals surface area (Å²) in [6.45, 7) is 12.9. The van der Waals surface area contributed by atoms with Crippen molar-refractivity contribution in [2.45, 2.75) is 46.1 Å². The van der Waals surface area contributed by atoms with Gasteiger partial charge in [-0.05, 0) is 48.7 Å². The number of nitrogens with one attached hydrogen (secondary N) is 1. The molecule has 1 amide bonds. The summed E-state index contributed by atoms with van der Waals surface area (Å²) >= 11 is 5.92. The molecule has 1 aliphatic heterocycles. The molecule has 1 saturated heterocycles. The second kappa shape index (κ2) is 15.2. The zero-order valence-corrected chi connectivity index (χ0v) is 22.5. The van der Waals surface area contributed by atoms with E-state index in [1.165, 1.54) is 6.08 Å². The highest BCUT2D eigenvalue weighted by Crippen LogP contribution is 2.30. The highest BCUT2D eigenvalue weighted by molar-refractivity contribution is 6.29. The Balaban J connectivity index is 0.00000222. The van der Waals surface area contributed by atoms with Gasteiger partial charge in [0.15, 0.2) is 0 Å². The summed E-state index contributed by atoms with van der Waals surface area (Å²) in [5.41, 5.74) is 0.784. The van der Waals surface area contributed by atoms with Gasteiger partial charge < -0.3 is 14.8 Å². The van der Waals surface area contributed by atoms with Gasteiger partial charge >= 0.3 is 0 Å². The normalized spacial score (nSPS) is 14.3. The summed E-state index contributed by atoms with van der Waals surface area (Å²) < 4.78 is 11.3. The van der Waals surface area contributed by atoms with Crippen LogP contribution in [0.5, 0.6) is 5.75 Å². The molecule has 0 bridgehead atoms. The standard InChI is InChI=1S/C26H31ClN4O3.C2H6/c1-3-26(4-2,30-25(32)20(19-28)18-22-6-5-7-24(27)29-22)21-8-10-23(11-9-21)34-17-14-31-12-15-33-16-13-31;1-2/h5-11,18H,3-4,12-17H2,1-2H3,(H,30,32);1-2H3/b20-18+;. The maximum absolute atomic E-state index is 13.0. The predicted molar refractivity (Wildman–Crippen MR) is 144 cm³/mol. The summed E-state index contributed by atoms with van der Waals surface area (Å²) in [5, 5.41) is 13.0. The van der Waals surface area contributed by atoms with Crippen molar-refractivity contribution in [1.82, 2.24) is 15.2 Å². The molecule has 194 valence electrons. The first-order valence-corrected chi connectivity index (χ1v) is 13.0. The largest absolute Gasteiger partial charge is 0.492 e. The third-order valence-electron chi connectivity index (χ3n) is 6.14. The highest BCUT2D eigenvalue weighted by atomic mass is 35.5. The number of benzene rings is 1. The molecular formula is C28H37ClN4O3. The minimum atomic E-state index is -0.610. The molecule has 0 saturated carbocycles. The van der Waals surface area contributed by atoms with Gasteiger partial charge in [0, 0.05) is 19.6 Å². The van der Waals surface area contributed by atoms with Crippen LogP contribution in [0.3, 0.4) is 0 Å². The number of carbonyl (C=O) groups is 1. The number of rotatable bonds is 10. The van der Waals surface area contributed by atoms with Crippen molar-refractivity contribution in [3.8, 4) is 11.8 Å². The number of halogens is 1. The van der Waals surface area contributed by atoms with E-state index in [1.807, 2.05) is 58.0 Å². The number of carbonyl (C=O) groups excluding carboxylic acids is 1. The number of aromatic nitrogens is 1. The molecule has 3 rings (SSSR count). The van der Waals surface area contributed by atoms with E-state index in [1.54, 1.807) is 18.2 Å². The lowest BCUT2D eigenvalue weighted by Crippen LogP contribution is -2.45. The quantitative estimate of drug-likeness (QED) is 0.267. The van der Waals surface area contributed by atoms with Crippen molar-refractivity contribution in [3.05, 3.63) is 64.4 Å².